The molecule has 0 aromatic heterocycles. The van der Waals surface area contributed by atoms with E-state index < -0.39 is 23.5 Å². The first-order valence-electron chi connectivity index (χ1n) is 12.8. The zero-order valence-corrected chi connectivity index (χ0v) is 23.7. The van der Waals surface area contributed by atoms with Crippen LogP contribution in [0.3, 0.4) is 0 Å². The molecule has 0 radical (unpaired) electrons. The molecule has 0 spiro atoms. The van der Waals surface area contributed by atoms with Crippen LogP contribution in [-0.2, 0) is 19.2 Å². The van der Waals surface area contributed by atoms with E-state index in [0.29, 0.717) is 35.6 Å². The van der Waals surface area contributed by atoms with E-state index in [1.54, 1.807) is 48.5 Å². The van der Waals surface area contributed by atoms with Crippen LogP contribution in [0.1, 0.15) is 71.6 Å². The van der Waals surface area contributed by atoms with E-state index in [9.17, 15) is 19.2 Å². The first kappa shape index (κ1) is 31.1. The minimum absolute atomic E-state index is 0.272. The molecule has 9 nitrogen and oxygen atoms in total. The molecule has 210 valence electrons. The molecule has 2 aromatic carbocycles. The van der Waals surface area contributed by atoms with Crippen molar-refractivity contribution in [2.24, 2.45) is 0 Å². The van der Waals surface area contributed by atoms with E-state index in [-0.39, 0.29) is 17.6 Å². The smallest absolute Gasteiger partial charge is 0.308 e. The van der Waals surface area contributed by atoms with Gasteiger partial charge in [0.15, 0.2) is 11.5 Å². The van der Waals surface area contributed by atoms with Crippen LogP contribution in [0, 0.1) is 0 Å². The number of hydrogen-bond acceptors (Lipinski definition) is 7. The van der Waals surface area contributed by atoms with Gasteiger partial charge in [0.05, 0.1) is 7.11 Å². The monoisotopic (exact) mass is 538 g/mol. The van der Waals surface area contributed by atoms with Gasteiger partial charge in [-0.05, 0) is 68.7 Å². The Morgan fingerprint density at radius 2 is 1.59 bits per heavy atom. The third kappa shape index (κ3) is 9.92. The van der Waals surface area contributed by atoms with E-state index in [1.807, 2.05) is 27.7 Å². The number of nitrogens with zero attached hydrogens (tertiary/aromatic N) is 1. The highest BCUT2D eigenvalue weighted by Crippen LogP contribution is 2.29. The molecule has 2 rings (SSSR count). The number of rotatable bonds is 11. The second-order valence-electron chi connectivity index (χ2n) is 10.0. The average molecular weight is 539 g/mol. The van der Waals surface area contributed by atoms with Crippen molar-refractivity contribution in [1.29, 1.82) is 0 Å². The summed E-state index contributed by atoms with van der Waals surface area (Å²) in [5.74, 6) is -0.644. The standard InChI is InChI=1S/C30H38N2O7/c1-8-9-18-32(27(35)17-11-22-10-16-25(39-21(3)34)26(19-22)37-7)28(29(36)31-30(4,5)6)23-12-14-24(15-13-23)38-20(2)33/h10-17,19,28H,8-9,18H2,1-7H3,(H,31,36)/b17-11+/t28-/m0/s1. The fourth-order valence-electron chi connectivity index (χ4n) is 3.78. The zero-order valence-electron chi connectivity index (χ0n) is 23.7. The van der Waals surface area contributed by atoms with Crippen LogP contribution < -0.4 is 19.5 Å². The molecule has 0 saturated carbocycles. The largest absolute Gasteiger partial charge is 0.493 e. The quantitative estimate of drug-likeness (QED) is 0.247. The Bertz CT molecular complexity index is 1200. The van der Waals surface area contributed by atoms with Gasteiger partial charge >= 0.3 is 11.9 Å². The van der Waals surface area contributed by atoms with Crippen LogP contribution in [-0.4, -0.2) is 47.8 Å². The summed E-state index contributed by atoms with van der Waals surface area (Å²) >= 11 is 0. The summed E-state index contributed by atoms with van der Waals surface area (Å²) in [5.41, 5.74) is 0.702. The number of hydrogen-bond donors (Lipinski definition) is 1. The zero-order chi connectivity index (χ0) is 29.2. The second kappa shape index (κ2) is 14.1. The lowest BCUT2D eigenvalue weighted by Gasteiger charge is -2.33. The lowest BCUT2D eigenvalue weighted by atomic mass is 10.0. The Labute approximate surface area is 230 Å². The fourth-order valence-corrected chi connectivity index (χ4v) is 3.78. The lowest BCUT2D eigenvalue weighted by Crippen LogP contribution is -2.49. The van der Waals surface area contributed by atoms with Crippen molar-refractivity contribution in [3.8, 4) is 17.2 Å². The summed E-state index contributed by atoms with van der Waals surface area (Å²) in [6, 6.07) is 10.6. The molecular weight excluding hydrogens is 500 g/mol. The maximum atomic E-state index is 13.6. The SMILES string of the molecule is CCCCN(C(=O)/C=C/c1ccc(OC(C)=O)c(OC)c1)[C@H](C(=O)NC(C)(C)C)c1ccc(OC(C)=O)cc1. The number of nitrogens with one attached hydrogen (secondary N) is 1. The Balaban J connectivity index is 2.45. The number of methoxy groups -OCH3 is 1. The molecule has 0 aliphatic heterocycles. The van der Waals surface area contributed by atoms with Gasteiger partial charge < -0.3 is 24.4 Å². The predicted octanol–water partition coefficient (Wildman–Crippen LogP) is 4.84. The number of carbonyl (C=O) groups is 4. The third-order valence-electron chi connectivity index (χ3n) is 5.41. The average Bonchev–Trinajstić information content (AvgIpc) is 2.84. The van der Waals surface area contributed by atoms with Gasteiger partial charge in [-0.25, -0.2) is 0 Å². The van der Waals surface area contributed by atoms with Crippen LogP contribution in [0.2, 0.25) is 0 Å². The van der Waals surface area contributed by atoms with Gasteiger partial charge in [-0.2, -0.15) is 0 Å². The second-order valence-corrected chi connectivity index (χ2v) is 10.0. The highest BCUT2D eigenvalue weighted by atomic mass is 16.6. The molecule has 0 fully saturated rings. The van der Waals surface area contributed by atoms with E-state index in [2.05, 4.69) is 5.32 Å². The minimum Gasteiger partial charge on any atom is -0.493 e. The molecule has 0 unspecified atom stereocenters. The molecule has 9 heteroatoms. The van der Waals surface area contributed by atoms with Crippen molar-refractivity contribution in [3.63, 3.8) is 0 Å². The summed E-state index contributed by atoms with van der Waals surface area (Å²) in [5, 5.41) is 2.99. The molecule has 0 aliphatic rings. The Kier molecular flexibility index (Phi) is 11.3. The van der Waals surface area contributed by atoms with Gasteiger partial charge in [-0.15, -0.1) is 0 Å². The van der Waals surface area contributed by atoms with Crippen molar-refractivity contribution < 1.29 is 33.4 Å². The number of carbonyl (C=O) groups excluding carboxylic acids is 4. The molecule has 1 N–H and O–H groups in total. The molecule has 2 amide bonds. The number of ether oxygens (including phenoxy) is 3. The number of unbranched alkanes of at least 4 members (excludes halogenated alkanes) is 1. The van der Waals surface area contributed by atoms with Crippen LogP contribution >= 0.6 is 0 Å². The van der Waals surface area contributed by atoms with Crippen molar-refractivity contribution in [2.75, 3.05) is 13.7 Å². The highest BCUT2D eigenvalue weighted by molar-refractivity contribution is 5.96. The molecule has 39 heavy (non-hydrogen) atoms. The third-order valence-corrected chi connectivity index (χ3v) is 5.41. The van der Waals surface area contributed by atoms with Crippen LogP contribution in [0.4, 0.5) is 0 Å². The topological polar surface area (TPSA) is 111 Å². The van der Waals surface area contributed by atoms with Gasteiger partial charge in [0.2, 0.25) is 11.8 Å². The number of benzene rings is 2. The predicted molar refractivity (Wildman–Crippen MR) is 148 cm³/mol. The summed E-state index contributed by atoms with van der Waals surface area (Å²) in [6.45, 7) is 10.6. The van der Waals surface area contributed by atoms with E-state index in [0.717, 1.165) is 6.42 Å². The van der Waals surface area contributed by atoms with E-state index >= 15 is 0 Å². The Morgan fingerprint density at radius 1 is 0.949 bits per heavy atom. The first-order valence-corrected chi connectivity index (χ1v) is 12.8. The molecule has 1 atom stereocenters. The maximum absolute atomic E-state index is 13.6. The summed E-state index contributed by atoms with van der Waals surface area (Å²) in [4.78, 5) is 51.3. The van der Waals surface area contributed by atoms with Crippen LogP contribution in [0.25, 0.3) is 6.08 Å². The molecule has 0 bridgehead atoms. The summed E-state index contributed by atoms with van der Waals surface area (Å²) < 4.78 is 15.6. The Morgan fingerprint density at radius 3 is 2.13 bits per heavy atom. The minimum atomic E-state index is -0.916. The molecule has 0 heterocycles. The van der Waals surface area contributed by atoms with Gasteiger partial charge in [0.1, 0.15) is 11.8 Å². The molecule has 0 aliphatic carbocycles. The van der Waals surface area contributed by atoms with Gasteiger partial charge in [-0.1, -0.05) is 31.5 Å². The summed E-state index contributed by atoms with van der Waals surface area (Å²) in [6.07, 6.45) is 4.53. The van der Waals surface area contributed by atoms with Crippen LogP contribution in [0.5, 0.6) is 17.2 Å². The molecule has 0 saturated heterocycles. The van der Waals surface area contributed by atoms with E-state index in [4.69, 9.17) is 14.2 Å². The normalized spacial score (nSPS) is 12.0. The highest BCUT2D eigenvalue weighted by Gasteiger charge is 2.32. The van der Waals surface area contributed by atoms with Crippen LogP contribution in [0.15, 0.2) is 48.5 Å². The van der Waals surface area contributed by atoms with Crippen molar-refractivity contribution in [1.82, 2.24) is 10.2 Å². The van der Waals surface area contributed by atoms with E-state index in [1.165, 1.54) is 31.9 Å². The van der Waals surface area contributed by atoms with Crippen molar-refractivity contribution in [2.45, 2.75) is 66.0 Å². The number of amides is 2. The summed E-state index contributed by atoms with van der Waals surface area (Å²) in [7, 11) is 1.46. The maximum Gasteiger partial charge on any atom is 0.308 e. The molecule has 2 aromatic rings. The van der Waals surface area contributed by atoms with Gasteiger partial charge in [-0.3, -0.25) is 19.2 Å². The fraction of sp³-hybridized carbons (Fsp3) is 0.400. The van der Waals surface area contributed by atoms with Gasteiger partial charge in [0.25, 0.3) is 0 Å². The number of esters is 2. The lowest BCUT2D eigenvalue weighted by molar-refractivity contribution is -0.138. The van der Waals surface area contributed by atoms with Gasteiger partial charge in [0, 0.05) is 32.0 Å². The van der Waals surface area contributed by atoms with Crippen molar-refractivity contribution >= 4 is 29.8 Å². The van der Waals surface area contributed by atoms with Crippen molar-refractivity contribution in [3.05, 3.63) is 59.7 Å². The molecular formula is C30H38N2O7. The first-order chi connectivity index (χ1) is 18.3. The Hall–Kier alpha value is -4.14.